The summed E-state index contributed by atoms with van der Waals surface area (Å²) in [7, 11) is 1.57. The topological polar surface area (TPSA) is 106 Å². The molecule has 1 aromatic carbocycles. The minimum Gasteiger partial charge on any atom is -0.497 e. The van der Waals surface area contributed by atoms with Crippen LogP contribution in [-0.4, -0.2) is 43.3 Å². The Labute approximate surface area is 145 Å². The average molecular weight is 350 g/mol. The van der Waals surface area contributed by atoms with Crippen LogP contribution >= 0.6 is 0 Å². The molecule has 2 rings (SSSR count). The van der Waals surface area contributed by atoms with E-state index in [1.54, 1.807) is 13.2 Å². The van der Waals surface area contributed by atoms with Crippen LogP contribution in [0.1, 0.15) is 18.4 Å². The van der Waals surface area contributed by atoms with Crippen molar-refractivity contribution in [1.29, 1.82) is 0 Å². The Balaban J connectivity index is 1.69. The van der Waals surface area contributed by atoms with Crippen molar-refractivity contribution in [2.75, 3.05) is 20.3 Å². The lowest BCUT2D eigenvalue weighted by atomic mass is 10.1. The van der Waals surface area contributed by atoms with Gasteiger partial charge in [-0.3, -0.25) is 9.59 Å². The first-order valence-electron chi connectivity index (χ1n) is 7.94. The third kappa shape index (κ3) is 6.09. The predicted molar refractivity (Wildman–Crippen MR) is 88.2 cm³/mol. The first-order valence-corrected chi connectivity index (χ1v) is 7.94. The van der Waals surface area contributed by atoms with Gasteiger partial charge in [-0.25, -0.2) is 0 Å². The molecule has 8 nitrogen and oxygen atoms in total. The molecule has 1 unspecified atom stereocenters. The van der Waals surface area contributed by atoms with Crippen molar-refractivity contribution in [2.24, 2.45) is 0 Å². The molecule has 1 atom stereocenters. The summed E-state index contributed by atoms with van der Waals surface area (Å²) in [5.41, 5.74) is 1.32. The van der Waals surface area contributed by atoms with E-state index in [9.17, 15) is 14.7 Å². The van der Waals surface area contributed by atoms with Crippen molar-refractivity contribution in [1.82, 2.24) is 10.6 Å². The normalized spacial score (nSPS) is 14.7. The average Bonchev–Trinajstić information content (AvgIpc) is 2.66. The van der Waals surface area contributed by atoms with E-state index in [-0.39, 0.29) is 25.4 Å². The Morgan fingerprint density at radius 3 is 2.92 bits per heavy atom. The lowest BCUT2D eigenvalue weighted by molar-refractivity contribution is -0.256. The number of aliphatic hydroxyl groups is 1. The molecule has 0 spiro atoms. The largest absolute Gasteiger partial charge is 0.497 e. The van der Waals surface area contributed by atoms with E-state index in [2.05, 4.69) is 20.4 Å². The van der Waals surface area contributed by atoms with Gasteiger partial charge in [0.2, 0.25) is 5.91 Å². The summed E-state index contributed by atoms with van der Waals surface area (Å²) >= 11 is 0. The first-order chi connectivity index (χ1) is 12.1. The number of hydrogen-bond acceptors (Lipinski definition) is 6. The lowest BCUT2D eigenvalue weighted by Crippen LogP contribution is -2.37. The number of benzene rings is 1. The minimum atomic E-state index is -1.20. The second-order valence-corrected chi connectivity index (χ2v) is 5.44. The molecule has 25 heavy (non-hydrogen) atoms. The summed E-state index contributed by atoms with van der Waals surface area (Å²) in [4.78, 5) is 33.0. The highest BCUT2D eigenvalue weighted by atomic mass is 17.2. The van der Waals surface area contributed by atoms with Gasteiger partial charge in [0.05, 0.1) is 19.3 Å². The van der Waals surface area contributed by atoms with E-state index in [1.165, 1.54) is 6.26 Å². The van der Waals surface area contributed by atoms with Gasteiger partial charge >= 0.3 is 0 Å². The molecular weight excluding hydrogens is 328 g/mol. The number of amides is 2. The summed E-state index contributed by atoms with van der Waals surface area (Å²) in [5, 5.41) is 15.1. The second kappa shape index (κ2) is 9.65. The van der Waals surface area contributed by atoms with Gasteiger partial charge in [-0.1, -0.05) is 12.1 Å². The van der Waals surface area contributed by atoms with Gasteiger partial charge in [0.25, 0.3) is 5.91 Å². The molecule has 1 aromatic rings. The number of rotatable bonds is 8. The zero-order valence-corrected chi connectivity index (χ0v) is 14.0. The lowest BCUT2D eigenvalue weighted by Gasteiger charge is -2.14. The molecule has 0 aliphatic carbocycles. The van der Waals surface area contributed by atoms with Crippen molar-refractivity contribution in [3.63, 3.8) is 0 Å². The van der Waals surface area contributed by atoms with E-state index in [0.717, 1.165) is 5.56 Å². The molecule has 0 saturated heterocycles. The van der Waals surface area contributed by atoms with E-state index in [1.807, 2.05) is 18.2 Å². The van der Waals surface area contributed by atoms with Gasteiger partial charge in [0.15, 0.2) is 0 Å². The number of carbonyl (C=O) groups is 2. The summed E-state index contributed by atoms with van der Waals surface area (Å²) < 4.78 is 5.11. The molecule has 1 heterocycles. The molecule has 0 saturated carbocycles. The van der Waals surface area contributed by atoms with E-state index in [0.29, 0.717) is 24.4 Å². The number of methoxy groups -OCH3 is 1. The number of aliphatic hydroxyl groups excluding tert-OH is 1. The van der Waals surface area contributed by atoms with E-state index in [4.69, 9.17) is 4.74 Å². The van der Waals surface area contributed by atoms with Gasteiger partial charge in [0.1, 0.15) is 18.1 Å². The van der Waals surface area contributed by atoms with Gasteiger partial charge in [-0.05, 0) is 24.1 Å². The number of hydrogen-bond donors (Lipinski definition) is 3. The smallest absolute Gasteiger partial charge is 0.250 e. The molecule has 3 N–H and O–H groups in total. The van der Waals surface area contributed by atoms with Crippen molar-refractivity contribution in [3.8, 4) is 5.75 Å². The summed E-state index contributed by atoms with van der Waals surface area (Å²) in [6, 6.07) is 7.28. The Bertz CT molecular complexity index is 631. The highest BCUT2D eigenvalue weighted by Crippen LogP contribution is 2.12. The predicted octanol–water partition coefficient (Wildman–Crippen LogP) is 0.414. The van der Waals surface area contributed by atoms with Gasteiger partial charge in [-0.2, -0.15) is 4.89 Å². The van der Waals surface area contributed by atoms with Crippen LogP contribution in [0.4, 0.5) is 0 Å². The zero-order valence-electron chi connectivity index (χ0n) is 14.0. The maximum atomic E-state index is 11.9. The third-order valence-corrected chi connectivity index (χ3v) is 3.61. The molecule has 0 aromatic heterocycles. The van der Waals surface area contributed by atoms with Crippen LogP contribution in [0, 0.1) is 0 Å². The SMILES string of the molecule is COc1cccc(CNC(=O)C(O)CCNC(=O)C2=COOCC2)c1. The number of ether oxygens (including phenoxy) is 1. The molecule has 0 bridgehead atoms. The van der Waals surface area contributed by atoms with Crippen LogP contribution in [0.25, 0.3) is 0 Å². The standard InChI is InChI=1S/C17H22N2O6/c1-23-14-4-2-3-12(9-14)10-19-17(22)15(20)5-7-18-16(21)13-6-8-24-25-11-13/h2-4,9,11,15,20H,5-8,10H2,1H3,(H,18,21)(H,19,22). The van der Waals surface area contributed by atoms with Crippen LogP contribution < -0.4 is 15.4 Å². The second-order valence-electron chi connectivity index (χ2n) is 5.44. The van der Waals surface area contributed by atoms with E-state index >= 15 is 0 Å². The minimum absolute atomic E-state index is 0.111. The Morgan fingerprint density at radius 1 is 1.36 bits per heavy atom. The van der Waals surface area contributed by atoms with Crippen LogP contribution in [0.2, 0.25) is 0 Å². The molecule has 0 fully saturated rings. The highest BCUT2D eigenvalue weighted by Gasteiger charge is 2.17. The molecule has 1 aliphatic heterocycles. The third-order valence-electron chi connectivity index (χ3n) is 3.61. The summed E-state index contributed by atoms with van der Waals surface area (Å²) in [6.45, 7) is 0.767. The summed E-state index contributed by atoms with van der Waals surface area (Å²) in [5.74, 6) is -0.0978. The monoisotopic (exact) mass is 350 g/mol. The number of nitrogens with one attached hydrogen (secondary N) is 2. The summed E-state index contributed by atoms with van der Waals surface area (Å²) in [6.07, 6.45) is 0.608. The van der Waals surface area contributed by atoms with E-state index < -0.39 is 12.0 Å². The van der Waals surface area contributed by atoms with Crippen LogP contribution in [0.5, 0.6) is 5.75 Å². The van der Waals surface area contributed by atoms with Crippen molar-refractivity contribution in [3.05, 3.63) is 41.7 Å². The van der Waals surface area contributed by atoms with Crippen LogP contribution in [-0.2, 0) is 25.9 Å². The van der Waals surface area contributed by atoms with Crippen LogP contribution in [0.15, 0.2) is 36.1 Å². The maximum absolute atomic E-state index is 11.9. The van der Waals surface area contributed by atoms with Gasteiger partial charge < -0.3 is 25.4 Å². The zero-order chi connectivity index (χ0) is 18.1. The maximum Gasteiger partial charge on any atom is 0.250 e. The van der Waals surface area contributed by atoms with Gasteiger partial charge in [0, 0.05) is 19.5 Å². The Hall–Kier alpha value is -2.58. The molecule has 136 valence electrons. The van der Waals surface area contributed by atoms with Gasteiger partial charge in [-0.15, -0.1) is 0 Å². The number of carbonyl (C=O) groups excluding carboxylic acids is 2. The van der Waals surface area contributed by atoms with Crippen molar-refractivity contribution >= 4 is 11.8 Å². The molecule has 2 amide bonds. The quantitative estimate of drug-likeness (QED) is 0.587. The fourth-order valence-electron chi connectivity index (χ4n) is 2.17. The Morgan fingerprint density at radius 2 is 2.20 bits per heavy atom. The molecule has 1 aliphatic rings. The molecule has 0 radical (unpaired) electrons. The fourth-order valence-corrected chi connectivity index (χ4v) is 2.17. The Kier molecular flexibility index (Phi) is 7.24. The molecule has 8 heteroatoms. The first kappa shape index (κ1) is 18.8. The van der Waals surface area contributed by atoms with Crippen LogP contribution in [0.3, 0.4) is 0 Å². The fraction of sp³-hybridized carbons (Fsp3) is 0.412. The highest BCUT2D eigenvalue weighted by molar-refractivity contribution is 5.93. The molecular formula is C17H22N2O6. The van der Waals surface area contributed by atoms with Crippen molar-refractivity contribution < 1.29 is 29.2 Å². The van der Waals surface area contributed by atoms with Crippen molar-refractivity contribution in [2.45, 2.75) is 25.5 Å².